The first kappa shape index (κ1) is 14.4. The first-order chi connectivity index (χ1) is 10.8. The molecule has 0 aliphatic carbocycles. The van der Waals surface area contributed by atoms with Crippen molar-refractivity contribution < 1.29 is 0 Å². The Bertz CT molecular complexity index is 872. The summed E-state index contributed by atoms with van der Waals surface area (Å²) >= 11 is 1.80. The first-order valence-corrected chi connectivity index (χ1v) is 21.7. The molecule has 0 aliphatic rings. The summed E-state index contributed by atoms with van der Waals surface area (Å²) in [5.74, 6) is 0. The standard InChI is InChI=1S/2C10H7.BrH.Tl/c2*1-2-6-10-8-4-3-7-9(10)5-1;;/h2*1-7H;1H;/q;;;+1/p-1. The van der Waals surface area contributed by atoms with Gasteiger partial charge in [0.25, 0.3) is 0 Å². The van der Waals surface area contributed by atoms with E-state index in [-0.39, 0.29) is 0 Å². The fourth-order valence-electron chi connectivity index (χ4n) is 3.11. The monoisotopic (exact) mass is 538 g/mol. The summed E-state index contributed by atoms with van der Waals surface area (Å²) in [6.07, 6.45) is 0. The van der Waals surface area contributed by atoms with Gasteiger partial charge in [-0.05, 0) is 0 Å². The second-order valence-corrected chi connectivity index (χ2v) is 21.2. The van der Waals surface area contributed by atoms with Crippen LogP contribution in [0.1, 0.15) is 0 Å². The molecule has 0 aliphatic heterocycles. The number of fused-ring (bicyclic) bond motifs is 2. The summed E-state index contributed by atoms with van der Waals surface area (Å²) < 4.78 is 3.07. The molecule has 0 saturated heterocycles. The van der Waals surface area contributed by atoms with Crippen molar-refractivity contribution in [3.8, 4) is 0 Å². The molecule has 4 rings (SSSR count). The minimum atomic E-state index is -2.36. The van der Waals surface area contributed by atoms with Crippen LogP contribution in [0.15, 0.2) is 84.9 Å². The van der Waals surface area contributed by atoms with Crippen LogP contribution < -0.4 is 6.25 Å². The van der Waals surface area contributed by atoms with Crippen LogP contribution in [0, 0.1) is 0 Å². The van der Waals surface area contributed by atoms with Gasteiger partial charge in [-0.3, -0.25) is 0 Å². The number of rotatable bonds is 2. The van der Waals surface area contributed by atoms with E-state index in [1.54, 1.807) is 0 Å². The van der Waals surface area contributed by atoms with E-state index in [1.165, 1.54) is 27.8 Å². The summed E-state index contributed by atoms with van der Waals surface area (Å²) in [5.41, 5.74) is 0. The Hall–Kier alpha value is -1.20. The molecule has 0 bridgehead atoms. The van der Waals surface area contributed by atoms with E-state index in [2.05, 4.69) is 96.9 Å². The third kappa shape index (κ3) is 2.50. The zero-order valence-electron chi connectivity index (χ0n) is 12.0. The Labute approximate surface area is 144 Å². The molecule has 0 atom stereocenters. The van der Waals surface area contributed by atoms with Crippen LogP contribution in [0.25, 0.3) is 21.5 Å². The fraction of sp³-hybridized carbons (Fsp3) is 0. The number of benzene rings is 4. The molecule has 0 saturated carbocycles. The van der Waals surface area contributed by atoms with Gasteiger partial charge in [0.15, 0.2) is 0 Å². The zero-order chi connectivity index (χ0) is 14.9. The molecule has 0 unspecified atom stereocenters. The quantitative estimate of drug-likeness (QED) is 0.330. The molecule has 0 radical (unpaired) electrons. The molecule has 0 heterocycles. The van der Waals surface area contributed by atoms with Gasteiger partial charge < -0.3 is 0 Å². The van der Waals surface area contributed by atoms with Crippen LogP contribution in [-0.2, 0) is 0 Å². The SMILES string of the molecule is [Br][Tl]([c]1cccc2ccccc12)[c]1cccc2ccccc12. The van der Waals surface area contributed by atoms with Gasteiger partial charge in [0.05, 0.1) is 0 Å². The average Bonchev–Trinajstić information content (AvgIpc) is 2.60. The Morgan fingerprint density at radius 3 is 1.41 bits per heavy atom. The zero-order valence-corrected chi connectivity index (χ0v) is 18.1. The van der Waals surface area contributed by atoms with E-state index in [0.717, 1.165) is 0 Å². The Kier molecular flexibility index (Phi) is 4.01. The van der Waals surface area contributed by atoms with E-state index in [4.69, 9.17) is 0 Å². The molecular formula is C20H14BrTl. The van der Waals surface area contributed by atoms with Crippen LogP contribution >= 0.6 is 12.0 Å². The van der Waals surface area contributed by atoms with Crippen LogP contribution in [0.4, 0.5) is 0 Å². The van der Waals surface area contributed by atoms with Gasteiger partial charge in [-0.2, -0.15) is 0 Å². The Morgan fingerprint density at radius 2 is 0.909 bits per heavy atom. The molecule has 104 valence electrons. The van der Waals surface area contributed by atoms with E-state index < -0.39 is 20.3 Å². The molecule has 4 aromatic rings. The molecule has 0 fully saturated rings. The van der Waals surface area contributed by atoms with Gasteiger partial charge in [-0.1, -0.05) is 0 Å². The molecule has 0 spiro atoms. The van der Waals surface area contributed by atoms with Crippen molar-refractivity contribution >= 4 is 60.1 Å². The average molecular weight is 539 g/mol. The number of hydrogen-bond donors (Lipinski definition) is 0. The molecule has 4 aromatic carbocycles. The van der Waals surface area contributed by atoms with Crippen LogP contribution in [0.5, 0.6) is 0 Å². The topological polar surface area (TPSA) is 0 Å². The molecule has 0 amide bonds. The first-order valence-electron chi connectivity index (χ1n) is 7.44. The van der Waals surface area contributed by atoms with Gasteiger partial charge in [-0.25, -0.2) is 0 Å². The summed E-state index contributed by atoms with van der Waals surface area (Å²) in [6, 6.07) is 30.8. The molecule has 2 heteroatoms. The molecule has 0 N–H and O–H groups in total. The van der Waals surface area contributed by atoms with E-state index in [9.17, 15) is 0 Å². The van der Waals surface area contributed by atoms with Crippen LogP contribution in [-0.4, -0.2) is 20.3 Å². The van der Waals surface area contributed by atoms with Crippen molar-refractivity contribution in [3.05, 3.63) is 84.9 Å². The van der Waals surface area contributed by atoms with Crippen molar-refractivity contribution in [2.75, 3.05) is 0 Å². The van der Waals surface area contributed by atoms with E-state index >= 15 is 0 Å². The Morgan fingerprint density at radius 1 is 0.500 bits per heavy atom. The number of hydrogen-bond acceptors (Lipinski definition) is 0. The second kappa shape index (κ2) is 6.13. The molecule has 0 aromatic heterocycles. The molecular weight excluding hydrogens is 525 g/mol. The van der Waals surface area contributed by atoms with Crippen molar-refractivity contribution in [3.63, 3.8) is 0 Å². The minimum absolute atomic E-state index is 1.34. The van der Waals surface area contributed by atoms with Crippen molar-refractivity contribution in [1.82, 2.24) is 0 Å². The summed E-state index contributed by atoms with van der Waals surface area (Å²) in [5, 5.41) is 5.48. The van der Waals surface area contributed by atoms with Gasteiger partial charge in [0.2, 0.25) is 0 Å². The number of halogens is 1. The normalized spacial score (nSPS) is 11.0. The third-order valence-electron chi connectivity index (χ3n) is 4.19. The molecule has 22 heavy (non-hydrogen) atoms. The van der Waals surface area contributed by atoms with Crippen molar-refractivity contribution in [2.45, 2.75) is 0 Å². The van der Waals surface area contributed by atoms with Gasteiger partial charge in [0.1, 0.15) is 0 Å². The summed E-state index contributed by atoms with van der Waals surface area (Å²) in [7, 11) is 0. The predicted molar refractivity (Wildman–Crippen MR) is 102 cm³/mol. The maximum absolute atomic E-state index is 4.16. The maximum atomic E-state index is 4.16. The van der Waals surface area contributed by atoms with Crippen molar-refractivity contribution in [1.29, 1.82) is 0 Å². The second-order valence-electron chi connectivity index (χ2n) is 5.50. The van der Waals surface area contributed by atoms with Crippen molar-refractivity contribution in [2.24, 2.45) is 0 Å². The molecule has 0 nitrogen and oxygen atoms in total. The van der Waals surface area contributed by atoms with Gasteiger partial charge >= 0.3 is 145 Å². The van der Waals surface area contributed by atoms with Crippen LogP contribution in [0.3, 0.4) is 0 Å². The fourth-order valence-corrected chi connectivity index (χ4v) is 17.8. The van der Waals surface area contributed by atoms with E-state index in [0.29, 0.717) is 0 Å². The Balaban J connectivity index is 1.94. The van der Waals surface area contributed by atoms with Gasteiger partial charge in [-0.15, -0.1) is 0 Å². The summed E-state index contributed by atoms with van der Waals surface area (Å²) in [6.45, 7) is 0. The summed E-state index contributed by atoms with van der Waals surface area (Å²) in [4.78, 5) is 0. The van der Waals surface area contributed by atoms with Gasteiger partial charge in [0, 0.05) is 0 Å². The van der Waals surface area contributed by atoms with E-state index in [1.807, 2.05) is 0 Å². The third-order valence-corrected chi connectivity index (χ3v) is 21.0. The van der Waals surface area contributed by atoms with Crippen LogP contribution in [0.2, 0.25) is 0 Å². The predicted octanol–water partition coefficient (Wildman–Crippen LogP) is 4.49.